The average molecular weight is 440 g/mol. The summed E-state index contributed by atoms with van der Waals surface area (Å²) >= 11 is 0. The summed E-state index contributed by atoms with van der Waals surface area (Å²) in [6.07, 6.45) is -0.753. The third-order valence-corrected chi connectivity index (χ3v) is 5.05. The van der Waals surface area contributed by atoms with Crippen molar-refractivity contribution in [3.8, 4) is 11.5 Å². The van der Waals surface area contributed by atoms with Gasteiger partial charge in [0.2, 0.25) is 5.62 Å². The molecule has 1 heterocycles. The van der Waals surface area contributed by atoms with Gasteiger partial charge in [0.25, 0.3) is 0 Å². The van der Waals surface area contributed by atoms with Gasteiger partial charge in [-0.15, -0.1) is 12.4 Å². The van der Waals surface area contributed by atoms with Crippen LogP contribution in [0.15, 0.2) is 78.9 Å². The number of aliphatic hydroxyl groups excluding tert-OH is 1. The molecule has 0 aliphatic rings. The van der Waals surface area contributed by atoms with Gasteiger partial charge >= 0.3 is 0 Å². The van der Waals surface area contributed by atoms with Gasteiger partial charge in [0, 0.05) is 0 Å². The molecule has 0 spiro atoms. The minimum atomic E-state index is -0.753. The lowest BCUT2D eigenvalue weighted by molar-refractivity contribution is 0.0921. The van der Waals surface area contributed by atoms with E-state index in [1.54, 1.807) is 19.2 Å². The zero-order valence-corrected chi connectivity index (χ0v) is 18.1. The summed E-state index contributed by atoms with van der Waals surface area (Å²) < 4.78 is 14.6. The molecule has 4 aromatic rings. The van der Waals surface area contributed by atoms with Crippen LogP contribution in [0, 0.1) is 5.41 Å². The summed E-state index contributed by atoms with van der Waals surface area (Å²) in [6, 6.07) is 25.2. The first-order chi connectivity index (χ1) is 14.7. The molecule has 2 N–H and O–H groups in total. The van der Waals surface area contributed by atoms with E-state index in [4.69, 9.17) is 14.9 Å². The molecule has 0 saturated carbocycles. The van der Waals surface area contributed by atoms with Gasteiger partial charge in [-0.05, 0) is 42.0 Å². The largest absolute Gasteiger partial charge is 0.497 e. The minimum Gasteiger partial charge on any atom is -0.497 e. The maximum Gasteiger partial charge on any atom is 0.203 e. The molecule has 4 rings (SSSR count). The molecule has 0 aliphatic carbocycles. The molecule has 1 atom stereocenters. The highest BCUT2D eigenvalue weighted by Gasteiger charge is 2.15. The predicted molar refractivity (Wildman–Crippen MR) is 123 cm³/mol. The molecule has 0 fully saturated rings. The van der Waals surface area contributed by atoms with Crippen molar-refractivity contribution in [2.24, 2.45) is 0 Å². The molecule has 1 aromatic heterocycles. The third kappa shape index (κ3) is 5.10. The van der Waals surface area contributed by atoms with Gasteiger partial charge in [0.05, 0.1) is 31.2 Å². The fraction of sp³-hybridized carbons (Fsp3) is 0.208. The van der Waals surface area contributed by atoms with Gasteiger partial charge in [0.1, 0.15) is 24.2 Å². The molecule has 6 nitrogen and oxygen atoms in total. The van der Waals surface area contributed by atoms with Crippen molar-refractivity contribution in [2.75, 3.05) is 13.7 Å². The Morgan fingerprint density at radius 2 is 1.42 bits per heavy atom. The van der Waals surface area contributed by atoms with Crippen LogP contribution in [0.5, 0.6) is 11.5 Å². The van der Waals surface area contributed by atoms with Crippen molar-refractivity contribution >= 4 is 23.4 Å². The number of benzene rings is 3. The Hall–Kier alpha value is -3.22. The summed E-state index contributed by atoms with van der Waals surface area (Å²) in [5, 5.41) is 19.3. The number of hydrogen-bond acceptors (Lipinski definition) is 4. The number of rotatable bonds is 8. The first kappa shape index (κ1) is 22.5. The summed E-state index contributed by atoms with van der Waals surface area (Å²) in [4.78, 5) is 0. The third-order valence-electron chi connectivity index (χ3n) is 5.05. The molecule has 162 valence electrons. The van der Waals surface area contributed by atoms with E-state index >= 15 is 0 Å². The fourth-order valence-corrected chi connectivity index (χ4v) is 3.53. The van der Waals surface area contributed by atoms with E-state index in [9.17, 15) is 5.11 Å². The lowest BCUT2D eigenvalue weighted by Gasteiger charge is -2.14. The summed E-state index contributed by atoms with van der Waals surface area (Å²) in [7, 11) is 1.61. The summed E-state index contributed by atoms with van der Waals surface area (Å²) in [6.45, 7) is 1.01. The fourth-order valence-electron chi connectivity index (χ4n) is 3.53. The molecular formula is C24H26ClN3O3. The highest BCUT2D eigenvalue weighted by atomic mass is 35.5. The molecule has 3 aromatic carbocycles. The second-order valence-electron chi connectivity index (χ2n) is 7.14. The van der Waals surface area contributed by atoms with Crippen LogP contribution in [0.2, 0.25) is 0 Å². The number of ether oxygens (including phenoxy) is 2. The zero-order valence-electron chi connectivity index (χ0n) is 17.3. The molecule has 0 amide bonds. The van der Waals surface area contributed by atoms with Crippen molar-refractivity contribution in [1.29, 1.82) is 5.41 Å². The van der Waals surface area contributed by atoms with Crippen LogP contribution in [0.1, 0.15) is 5.56 Å². The Bertz CT molecular complexity index is 1170. The van der Waals surface area contributed by atoms with E-state index in [0.717, 1.165) is 22.3 Å². The Kier molecular flexibility index (Phi) is 7.39. The highest BCUT2D eigenvalue weighted by molar-refractivity contribution is 5.85. The Labute approximate surface area is 187 Å². The predicted octanol–water partition coefficient (Wildman–Crippen LogP) is 3.84. The monoisotopic (exact) mass is 439 g/mol. The maximum atomic E-state index is 10.6. The lowest BCUT2D eigenvalue weighted by Crippen LogP contribution is -2.31. The zero-order chi connectivity index (χ0) is 20.9. The number of methoxy groups -OCH3 is 1. The standard InChI is InChI=1S/C24H25N3O3.ClH/c1-29-20-11-13-21(14-12-20)30-17-19(28)16-27-23-10-6-5-9-22(23)26(24(27)25)15-18-7-3-2-4-8-18;/h2-14,19,25,28H,15-17H2,1H3;1H. The van der Waals surface area contributed by atoms with E-state index in [1.807, 2.05) is 63.7 Å². The number of halogens is 1. The van der Waals surface area contributed by atoms with Crippen LogP contribution < -0.4 is 15.1 Å². The first-order valence-corrected chi connectivity index (χ1v) is 9.87. The van der Waals surface area contributed by atoms with Gasteiger partial charge in [-0.2, -0.15) is 0 Å². The SMILES string of the molecule is COc1ccc(OCC(O)Cn2c(=N)n(Cc3ccccc3)c3ccccc32)cc1.Cl. The molecular weight excluding hydrogens is 414 g/mol. The van der Waals surface area contributed by atoms with Crippen LogP contribution in [0.4, 0.5) is 0 Å². The van der Waals surface area contributed by atoms with E-state index in [2.05, 4.69) is 12.1 Å². The molecule has 1 unspecified atom stereocenters. The second kappa shape index (κ2) is 10.2. The summed E-state index contributed by atoms with van der Waals surface area (Å²) in [5.41, 5.74) is 3.36. The highest BCUT2D eigenvalue weighted by Crippen LogP contribution is 2.18. The average Bonchev–Trinajstić information content (AvgIpc) is 3.05. The van der Waals surface area contributed by atoms with Crippen LogP contribution in [-0.4, -0.2) is 34.1 Å². The second-order valence-corrected chi connectivity index (χ2v) is 7.14. The number of aliphatic hydroxyl groups is 1. The summed E-state index contributed by atoms with van der Waals surface area (Å²) in [5.74, 6) is 1.42. The smallest absolute Gasteiger partial charge is 0.203 e. The topological polar surface area (TPSA) is 72.4 Å². The quantitative estimate of drug-likeness (QED) is 0.438. The number of hydrogen-bond donors (Lipinski definition) is 2. The molecule has 7 heteroatoms. The van der Waals surface area contributed by atoms with E-state index in [0.29, 0.717) is 17.9 Å². The number of nitrogens with zero attached hydrogens (tertiary/aromatic N) is 2. The number of aromatic nitrogens is 2. The van der Waals surface area contributed by atoms with Crippen molar-refractivity contribution in [3.05, 3.63) is 90.0 Å². The molecule has 31 heavy (non-hydrogen) atoms. The Morgan fingerprint density at radius 1 is 0.839 bits per heavy atom. The molecule has 0 aliphatic heterocycles. The normalized spacial score (nSPS) is 11.7. The van der Waals surface area contributed by atoms with E-state index < -0.39 is 6.10 Å². The number of nitrogens with one attached hydrogen (secondary N) is 1. The minimum absolute atomic E-state index is 0. The van der Waals surface area contributed by atoms with Gasteiger partial charge in [0.15, 0.2) is 0 Å². The number of imidazole rings is 1. The Morgan fingerprint density at radius 3 is 2.06 bits per heavy atom. The van der Waals surface area contributed by atoms with Crippen molar-refractivity contribution in [1.82, 2.24) is 9.13 Å². The number of fused-ring (bicyclic) bond motifs is 1. The van der Waals surface area contributed by atoms with Crippen molar-refractivity contribution < 1.29 is 14.6 Å². The molecule has 0 saturated heterocycles. The van der Waals surface area contributed by atoms with E-state index in [-0.39, 0.29) is 25.6 Å². The van der Waals surface area contributed by atoms with Gasteiger partial charge in [-0.3, -0.25) is 5.41 Å². The molecule has 0 radical (unpaired) electrons. The van der Waals surface area contributed by atoms with Crippen LogP contribution in [0.25, 0.3) is 11.0 Å². The van der Waals surface area contributed by atoms with Crippen LogP contribution in [0.3, 0.4) is 0 Å². The van der Waals surface area contributed by atoms with Crippen LogP contribution in [-0.2, 0) is 13.1 Å². The van der Waals surface area contributed by atoms with E-state index in [1.165, 1.54) is 0 Å². The Balaban J connectivity index is 0.00000272. The number of para-hydroxylation sites is 2. The van der Waals surface area contributed by atoms with Crippen molar-refractivity contribution in [3.63, 3.8) is 0 Å². The van der Waals surface area contributed by atoms with Crippen LogP contribution >= 0.6 is 12.4 Å². The van der Waals surface area contributed by atoms with Crippen molar-refractivity contribution in [2.45, 2.75) is 19.2 Å². The van der Waals surface area contributed by atoms with Gasteiger partial charge in [-0.25, -0.2) is 0 Å². The van der Waals surface area contributed by atoms with Gasteiger partial charge < -0.3 is 23.7 Å². The lowest BCUT2D eigenvalue weighted by atomic mass is 10.2. The van der Waals surface area contributed by atoms with Gasteiger partial charge in [-0.1, -0.05) is 42.5 Å². The molecule has 0 bridgehead atoms. The first-order valence-electron chi connectivity index (χ1n) is 9.87. The maximum absolute atomic E-state index is 10.6.